The van der Waals surface area contributed by atoms with Crippen molar-refractivity contribution in [1.82, 2.24) is 10.9 Å². The van der Waals surface area contributed by atoms with Crippen LogP contribution in [0.4, 0.5) is 0 Å². The van der Waals surface area contributed by atoms with Gasteiger partial charge in [-0.1, -0.05) is 26.0 Å². The molecule has 0 saturated heterocycles. The lowest BCUT2D eigenvalue weighted by atomic mass is 10.0. The fourth-order valence-electron chi connectivity index (χ4n) is 1.59. The third-order valence-corrected chi connectivity index (χ3v) is 2.83. The first-order valence-corrected chi connectivity index (χ1v) is 6.81. The second-order valence-electron chi connectivity index (χ2n) is 4.73. The molecule has 0 atom stereocenters. The van der Waals surface area contributed by atoms with Crippen molar-refractivity contribution in [2.75, 3.05) is 13.2 Å². The van der Waals surface area contributed by atoms with Gasteiger partial charge in [0.15, 0.2) is 0 Å². The Kier molecular flexibility index (Phi) is 6.73. The standard InChI is InChI=1S/C15H22N2O3/c1-4-20-10-9-14(18)16-17-15(19)13-7-5-12(6-8-13)11(2)3/h5-8,11H,4,9-10H2,1-3H3,(H,16,18)(H,17,19). The molecule has 0 spiro atoms. The number of hydrogen-bond acceptors (Lipinski definition) is 3. The van der Waals surface area contributed by atoms with Gasteiger partial charge in [0.2, 0.25) is 5.91 Å². The van der Waals surface area contributed by atoms with E-state index in [-0.39, 0.29) is 18.2 Å². The van der Waals surface area contributed by atoms with E-state index in [1.54, 1.807) is 12.1 Å². The van der Waals surface area contributed by atoms with Gasteiger partial charge in [0.25, 0.3) is 5.91 Å². The van der Waals surface area contributed by atoms with E-state index >= 15 is 0 Å². The van der Waals surface area contributed by atoms with Gasteiger partial charge in [0, 0.05) is 12.2 Å². The van der Waals surface area contributed by atoms with Gasteiger partial charge in [-0.25, -0.2) is 0 Å². The molecule has 1 aromatic carbocycles. The largest absolute Gasteiger partial charge is 0.381 e. The molecule has 0 fully saturated rings. The van der Waals surface area contributed by atoms with Crippen molar-refractivity contribution in [3.8, 4) is 0 Å². The van der Waals surface area contributed by atoms with Crippen LogP contribution in [0.25, 0.3) is 0 Å². The van der Waals surface area contributed by atoms with Crippen LogP contribution >= 0.6 is 0 Å². The van der Waals surface area contributed by atoms with Crippen LogP contribution in [0.1, 0.15) is 49.0 Å². The zero-order chi connectivity index (χ0) is 15.0. The Morgan fingerprint density at radius 2 is 1.80 bits per heavy atom. The summed E-state index contributed by atoms with van der Waals surface area (Å²) in [7, 11) is 0. The van der Waals surface area contributed by atoms with Crippen molar-refractivity contribution in [3.05, 3.63) is 35.4 Å². The number of carbonyl (C=O) groups excluding carboxylic acids is 2. The van der Waals surface area contributed by atoms with Gasteiger partial charge < -0.3 is 4.74 Å². The SMILES string of the molecule is CCOCCC(=O)NNC(=O)c1ccc(C(C)C)cc1. The van der Waals surface area contributed by atoms with E-state index in [1.165, 1.54) is 5.56 Å². The van der Waals surface area contributed by atoms with Gasteiger partial charge in [-0.05, 0) is 30.5 Å². The predicted molar refractivity (Wildman–Crippen MR) is 77.2 cm³/mol. The van der Waals surface area contributed by atoms with Crippen molar-refractivity contribution in [1.29, 1.82) is 0 Å². The van der Waals surface area contributed by atoms with E-state index in [2.05, 4.69) is 24.7 Å². The number of rotatable bonds is 6. The Labute approximate surface area is 119 Å². The summed E-state index contributed by atoms with van der Waals surface area (Å²) >= 11 is 0. The Hall–Kier alpha value is -1.88. The van der Waals surface area contributed by atoms with Gasteiger partial charge in [-0.3, -0.25) is 20.4 Å². The molecule has 5 heteroatoms. The van der Waals surface area contributed by atoms with E-state index in [4.69, 9.17) is 4.74 Å². The van der Waals surface area contributed by atoms with E-state index in [1.807, 2.05) is 19.1 Å². The normalized spacial score (nSPS) is 10.4. The zero-order valence-corrected chi connectivity index (χ0v) is 12.2. The number of benzene rings is 1. The molecule has 0 aliphatic carbocycles. The molecular weight excluding hydrogens is 256 g/mol. The van der Waals surface area contributed by atoms with E-state index in [0.29, 0.717) is 24.7 Å². The molecule has 0 saturated carbocycles. The summed E-state index contributed by atoms with van der Waals surface area (Å²) in [5.41, 5.74) is 6.42. The molecule has 0 radical (unpaired) electrons. The molecule has 110 valence electrons. The highest BCUT2D eigenvalue weighted by molar-refractivity contribution is 5.95. The smallest absolute Gasteiger partial charge is 0.269 e. The molecule has 0 aliphatic heterocycles. The van der Waals surface area contributed by atoms with Crippen molar-refractivity contribution in [2.45, 2.75) is 33.1 Å². The second-order valence-corrected chi connectivity index (χ2v) is 4.73. The van der Waals surface area contributed by atoms with E-state index in [9.17, 15) is 9.59 Å². The van der Waals surface area contributed by atoms with Crippen LogP contribution in [-0.4, -0.2) is 25.0 Å². The third kappa shape index (κ3) is 5.40. The first-order valence-electron chi connectivity index (χ1n) is 6.81. The van der Waals surface area contributed by atoms with Gasteiger partial charge >= 0.3 is 0 Å². The van der Waals surface area contributed by atoms with Crippen LogP contribution in [0.3, 0.4) is 0 Å². The third-order valence-electron chi connectivity index (χ3n) is 2.83. The molecule has 0 aromatic heterocycles. The highest BCUT2D eigenvalue weighted by Crippen LogP contribution is 2.14. The van der Waals surface area contributed by atoms with Gasteiger partial charge in [0.1, 0.15) is 0 Å². The predicted octanol–water partition coefficient (Wildman–Crippen LogP) is 2.00. The number of hydrazine groups is 1. The van der Waals surface area contributed by atoms with Gasteiger partial charge in [0.05, 0.1) is 13.0 Å². The average Bonchev–Trinajstić information content (AvgIpc) is 2.45. The summed E-state index contributed by atoms with van der Waals surface area (Å²) in [6.45, 7) is 6.96. The lowest BCUT2D eigenvalue weighted by Crippen LogP contribution is -2.41. The topological polar surface area (TPSA) is 67.4 Å². The van der Waals surface area contributed by atoms with Crippen LogP contribution in [0.5, 0.6) is 0 Å². The Balaban J connectivity index is 2.40. The number of ether oxygens (including phenoxy) is 1. The molecule has 1 aromatic rings. The first kappa shape index (κ1) is 16.2. The van der Waals surface area contributed by atoms with Crippen LogP contribution in [0, 0.1) is 0 Å². The Morgan fingerprint density at radius 1 is 1.15 bits per heavy atom. The minimum Gasteiger partial charge on any atom is -0.381 e. The Morgan fingerprint density at radius 3 is 2.35 bits per heavy atom. The van der Waals surface area contributed by atoms with Gasteiger partial charge in [-0.2, -0.15) is 0 Å². The summed E-state index contributed by atoms with van der Waals surface area (Å²) in [4.78, 5) is 23.2. The van der Waals surface area contributed by atoms with Crippen molar-refractivity contribution in [3.63, 3.8) is 0 Å². The maximum atomic E-state index is 11.8. The Bertz CT molecular complexity index is 441. The quantitative estimate of drug-likeness (QED) is 0.618. The second kappa shape index (κ2) is 8.32. The number of amides is 2. The summed E-state index contributed by atoms with van der Waals surface area (Å²) in [6, 6.07) is 7.32. The maximum absolute atomic E-state index is 11.8. The molecule has 2 N–H and O–H groups in total. The molecule has 1 rings (SSSR count). The zero-order valence-electron chi connectivity index (χ0n) is 12.2. The molecule has 5 nitrogen and oxygen atoms in total. The molecule has 2 amide bonds. The summed E-state index contributed by atoms with van der Waals surface area (Å²) in [6.07, 6.45) is 0.223. The van der Waals surface area contributed by atoms with Crippen molar-refractivity contribution >= 4 is 11.8 Å². The summed E-state index contributed by atoms with van der Waals surface area (Å²) < 4.78 is 5.06. The minimum atomic E-state index is -0.329. The minimum absolute atomic E-state index is 0.223. The van der Waals surface area contributed by atoms with E-state index < -0.39 is 0 Å². The van der Waals surface area contributed by atoms with E-state index in [0.717, 1.165) is 0 Å². The fraction of sp³-hybridized carbons (Fsp3) is 0.467. The lowest BCUT2D eigenvalue weighted by Gasteiger charge is -2.09. The molecule has 0 heterocycles. The number of nitrogens with one attached hydrogen (secondary N) is 2. The van der Waals surface area contributed by atoms with Crippen LogP contribution in [0.15, 0.2) is 24.3 Å². The lowest BCUT2D eigenvalue weighted by molar-refractivity contribution is -0.122. The van der Waals surface area contributed by atoms with Crippen molar-refractivity contribution < 1.29 is 14.3 Å². The monoisotopic (exact) mass is 278 g/mol. The number of carbonyl (C=O) groups is 2. The van der Waals surface area contributed by atoms with Gasteiger partial charge in [-0.15, -0.1) is 0 Å². The molecular formula is C15H22N2O3. The van der Waals surface area contributed by atoms with Crippen LogP contribution in [0.2, 0.25) is 0 Å². The fourth-order valence-corrected chi connectivity index (χ4v) is 1.59. The van der Waals surface area contributed by atoms with Crippen molar-refractivity contribution in [2.24, 2.45) is 0 Å². The van der Waals surface area contributed by atoms with Crippen LogP contribution in [-0.2, 0) is 9.53 Å². The molecule has 0 aliphatic rings. The highest BCUT2D eigenvalue weighted by atomic mass is 16.5. The number of hydrogen-bond donors (Lipinski definition) is 2. The summed E-state index contributed by atoms with van der Waals surface area (Å²) in [5.74, 6) is -0.180. The molecule has 20 heavy (non-hydrogen) atoms. The first-order chi connectivity index (χ1) is 9.54. The summed E-state index contributed by atoms with van der Waals surface area (Å²) in [5, 5.41) is 0. The molecule has 0 unspecified atom stereocenters. The maximum Gasteiger partial charge on any atom is 0.269 e. The highest BCUT2D eigenvalue weighted by Gasteiger charge is 2.08. The van der Waals surface area contributed by atoms with Crippen LogP contribution < -0.4 is 10.9 Å². The average molecular weight is 278 g/mol. The molecule has 0 bridgehead atoms.